The average Bonchev–Trinajstić information content (AvgIpc) is 2.36. The molecule has 0 radical (unpaired) electrons. The van der Waals surface area contributed by atoms with Crippen molar-refractivity contribution in [3.8, 4) is 5.75 Å². The van der Waals surface area contributed by atoms with Crippen LogP contribution in [0.1, 0.15) is 13.3 Å². The lowest BCUT2D eigenvalue weighted by molar-refractivity contribution is -0.127. The highest BCUT2D eigenvalue weighted by Gasteiger charge is 2.15. The molecule has 1 atom stereocenters. The summed E-state index contributed by atoms with van der Waals surface area (Å²) in [5.74, 6) is 0.402. The highest BCUT2D eigenvalue weighted by atomic mass is 35.5. The zero-order valence-corrected chi connectivity index (χ0v) is 12.4. The van der Waals surface area contributed by atoms with Crippen LogP contribution in [0.5, 0.6) is 5.75 Å². The fraction of sp³-hybridized carbons (Fsp3) is 0.500. The molecule has 1 aromatic rings. The van der Waals surface area contributed by atoms with E-state index in [-0.39, 0.29) is 5.91 Å². The van der Waals surface area contributed by atoms with Gasteiger partial charge in [-0.2, -0.15) is 0 Å². The van der Waals surface area contributed by atoms with Crippen LogP contribution in [0.3, 0.4) is 0 Å². The zero-order chi connectivity index (χ0) is 14.3. The molecule has 0 aliphatic rings. The molecule has 4 nitrogen and oxygen atoms in total. The Balaban J connectivity index is 2.35. The van der Waals surface area contributed by atoms with Crippen molar-refractivity contribution in [2.45, 2.75) is 19.4 Å². The molecule has 19 heavy (non-hydrogen) atoms. The van der Waals surface area contributed by atoms with Crippen molar-refractivity contribution in [1.29, 1.82) is 0 Å². The Morgan fingerprint density at radius 1 is 1.42 bits per heavy atom. The third-order valence-corrected chi connectivity index (χ3v) is 2.90. The van der Waals surface area contributed by atoms with Gasteiger partial charge in [0.15, 0.2) is 6.10 Å². The lowest BCUT2D eigenvalue weighted by atomic mass is 10.3. The predicted molar refractivity (Wildman–Crippen MR) is 77.7 cm³/mol. The molecule has 106 valence electrons. The minimum atomic E-state index is -0.556. The Labute approximate surface area is 119 Å². The molecule has 0 saturated heterocycles. The van der Waals surface area contributed by atoms with Gasteiger partial charge in [-0.1, -0.05) is 23.7 Å². The molecule has 0 bridgehead atoms. The fourth-order valence-corrected chi connectivity index (χ4v) is 1.72. The summed E-state index contributed by atoms with van der Waals surface area (Å²) in [5, 5.41) is 3.35. The molecule has 0 unspecified atom stereocenters. The number of halogens is 1. The zero-order valence-electron chi connectivity index (χ0n) is 11.6. The van der Waals surface area contributed by atoms with Gasteiger partial charge in [0.1, 0.15) is 5.75 Å². The first-order valence-electron chi connectivity index (χ1n) is 6.34. The highest BCUT2D eigenvalue weighted by Crippen LogP contribution is 2.24. The first-order chi connectivity index (χ1) is 9.00. The summed E-state index contributed by atoms with van der Waals surface area (Å²) in [7, 11) is 4.01. The lowest BCUT2D eigenvalue weighted by Gasteiger charge is -2.16. The van der Waals surface area contributed by atoms with Crippen molar-refractivity contribution < 1.29 is 9.53 Å². The van der Waals surface area contributed by atoms with Crippen LogP contribution in [0.15, 0.2) is 24.3 Å². The third-order valence-electron chi connectivity index (χ3n) is 2.59. The molecule has 1 aromatic carbocycles. The van der Waals surface area contributed by atoms with Crippen molar-refractivity contribution >= 4 is 17.5 Å². The van der Waals surface area contributed by atoms with Gasteiger partial charge in [0.25, 0.3) is 5.91 Å². The van der Waals surface area contributed by atoms with Crippen LogP contribution in [-0.2, 0) is 4.79 Å². The minimum absolute atomic E-state index is 0.126. The van der Waals surface area contributed by atoms with Crippen LogP contribution in [-0.4, -0.2) is 44.1 Å². The van der Waals surface area contributed by atoms with Gasteiger partial charge in [-0.3, -0.25) is 4.79 Å². The summed E-state index contributed by atoms with van der Waals surface area (Å²) in [6.45, 7) is 3.30. The number of carbonyl (C=O) groups excluding carboxylic acids is 1. The molecule has 1 rings (SSSR count). The highest BCUT2D eigenvalue weighted by molar-refractivity contribution is 6.32. The SMILES string of the molecule is C[C@@H](Oc1ccccc1Cl)C(=O)NCCCN(C)C. The lowest BCUT2D eigenvalue weighted by Crippen LogP contribution is -2.37. The number of hydrogen-bond donors (Lipinski definition) is 1. The first kappa shape index (κ1) is 15.8. The quantitative estimate of drug-likeness (QED) is 0.780. The van der Waals surface area contributed by atoms with E-state index in [4.69, 9.17) is 16.3 Å². The summed E-state index contributed by atoms with van der Waals surface area (Å²) in [6.07, 6.45) is 0.358. The molecule has 0 saturated carbocycles. The van der Waals surface area contributed by atoms with Crippen LogP contribution in [0.2, 0.25) is 5.02 Å². The Morgan fingerprint density at radius 3 is 2.74 bits per heavy atom. The summed E-state index contributed by atoms with van der Waals surface area (Å²) in [6, 6.07) is 7.13. The molecule has 1 N–H and O–H groups in total. The largest absolute Gasteiger partial charge is 0.479 e. The number of carbonyl (C=O) groups is 1. The summed E-state index contributed by atoms with van der Waals surface area (Å²) in [5.41, 5.74) is 0. The van der Waals surface area contributed by atoms with Crippen molar-refractivity contribution in [3.63, 3.8) is 0 Å². The number of para-hydroxylation sites is 1. The van der Waals surface area contributed by atoms with E-state index >= 15 is 0 Å². The molecule has 0 fully saturated rings. The van der Waals surface area contributed by atoms with Crippen LogP contribution in [0, 0.1) is 0 Å². The monoisotopic (exact) mass is 284 g/mol. The van der Waals surface area contributed by atoms with E-state index in [0.717, 1.165) is 13.0 Å². The van der Waals surface area contributed by atoms with Gasteiger partial charge in [-0.05, 0) is 46.1 Å². The summed E-state index contributed by atoms with van der Waals surface area (Å²) in [4.78, 5) is 13.9. The standard InChI is InChI=1S/C14H21ClN2O2/c1-11(14(18)16-9-6-10-17(2)3)19-13-8-5-4-7-12(13)15/h4-5,7-8,11H,6,9-10H2,1-3H3,(H,16,18)/t11-/m1/s1. The van der Waals surface area contributed by atoms with Gasteiger partial charge in [0, 0.05) is 6.54 Å². The molecule has 0 spiro atoms. The smallest absolute Gasteiger partial charge is 0.260 e. The van der Waals surface area contributed by atoms with E-state index in [1.54, 1.807) is 19.1 Å². The number of amides is 1. The molecular formula is C14H21ClN2O2. The first-order valence-corrected chi connectivity index (χ1v) is 6.72. The van der Waals surface area contributed by atoms with E-state index in [1.807, 2.05) is 26.2 Å². The Morgan fingerprint density at radius 2 is 2.11 bits per heavy atom. The maximum atomic E-state index is 11.8. The van der Waals surface area contributed by atoms with Crippen molar-refractivity contribution in [1.82, 2.24) is 10.2 Å². The Hall–Kier alpha value is -1.26. The van der Waals surface area contributed by atoms with Crippen LogP contribution >= 0.6 is 11.6 Å². The number of hydrogen-bond acceptors (Lipinski definition) is 3. The van der Waals surface area contributed by atoms with E-state index in [1.165, 1.54) is 0 Å². The Kier molecular flexibility index (Phi) is 6.67. The second-order valence-electron chi connectivity index (χ2n) is 4.64. The van der Waals surface area contributed by atoms with Crippen molar-refractivity contribution in [2.24, 2.45) is 0 Å². The molecule has 5 heteroatoms. The van der Waals surface area contributed by atoms with Gasteiger partial charge in [0.2, 0.25) is 0 Å². The van der Waals surface area contributed by atoms with Gasteiger partial charge >= 0.3 is 0 Å². The van der Waals surface area contributed by atoms with Gasteiger partial charge in [-0.25, -0.2) is 0 Å². The normalized spacial score (nSPS) is 12.3. The Bertz CT molecular complexity index is 410. The van der Waals surface area contributed by atoms with E-state index in [0.29, 0.717) is 17.3 Å². The summed E-state index contributed by atoms with van der Waals surface area (Å²) < 4.78 is 5.53. The minimum Gasteiger partial charge on any atom is -0.479 e. The second-order valence-corrected chi connectivity index (χ2v) is 5.05. The average molecular weight is 285 g/mol. The molecule has 1 amide bonds. The number of rotatable bonds is 7. The maximum absolute atomic E-state index is 11.8. The van der Waals surface area contributed by atoms with E-state index < -0.39 is 6.10 Å². The number of benzene rings is 1. The second kappa shape index (κ2) is 8.02. The van der Waals surface area contributed by atoms with Crippen molar-refractivity contribution in [2.75, 3.05) is 27.2 Å². The van der Waals surface area contributed by atoms with Crippen LogP contribution in [0.25, 0.3) is 0 Å². The molecule has 0 aromatic heterocycles. The number of nitrogens with zero attached hydrogens (tertiary/aromatic N) is 1. The summed E-state index contributed by atoms with van der Waals surface area (Å²) >= 11 is 5.97. The van der Waals surface area contributed by atoms with Crippen LogP contribution < -0.4 is 10.1 Å². The third kappa shape index (κ3) is 5.94. The van der Waals surface area contributed by atoms with Gasteiger partial charge < -0.3 is 15.0 Å². The van der Waals surface area contributed by atoms with Gasteiger partial charge in [0.05, 0.1) is 5.02 Å². The number of nitrogens with one attached hydrogen (secondary N) is 1. The molecule has 0 heterocycles. The maximum Gasteiger partial charge on any atom is 0.260 e. The van der Waals surface area contributed by atoms with Gasteiger partial charge in [-0.15, -0.1) is 0 Å². The topological polar surface area (TPSA) is 41.6 Å². The van der Waals surface area contributed by atoms with E-state index in [9.17, 15) is 4.79 Å². The van der Waals surface area contributed by atoms with E-state index in [2.05, 4.69) is 10.2 Å². The molecule has 0 aliphatic heterocycles. The van der Waals surface area contributed by atoms with Crippen molar-refractivity contribution in [3.05, 3.63) is 29.3 Å². The fourth-order valence-electron chi connectivity index (χ4n) is 1.53. The van der Waals surface area contributed by atoms with Crippen LogP contribution in [0.4, 0.5) is 0 Å². The predicted octanol–water partition coefficient (Wildman–Crippen LogP) is 2.18. The molecule has 0 aliphatic carbocycles. The molecular weight excluding hydrogens is 264 g/mol. The number of ether oxygens (including phenoxy) is 1.